The van der Waals surface area contributed by atoms with Crippen LogP contribution < -0.4 is 4.90 Å². The fourth-order valence-corrected chi connectivity index (χ4v) is 3.09. The Bertz CT molecular complexity index is 758. The number of carbonyl (C=O) groups excluding carboxylic acids is 1. The number of methoxy groups -OCH3 is 1. The Morgan fingerprint density at radius 1 is 1.45 bits per heavy atom. The molecule has 0 amide bonds. The molecule has 0 radical (unpaired) electrons. The molecule has 0 aromatic carbocycles. The maximum atomic E-state index is 14.1. The Kier molecular flexibility index (Phi) is 6.39. The summed E-state index contributed by atoms with van der Waals surface area (Å²) in [4.78, 5) is 16.4. The maximum Gasteiger partial charge on any atom is 0.413 e. The van der Waals surface area contributed by atoms with E-state index >= 15 is 0 Å². The Morgan fingerprint density at radius 2 is 2.10 bits per heavy atom. The molecule has 0 aliphatic heterocycles. The van der Waals surface area contributed by atoms with Gasteiger partial charge in [0.2, 0.25) is 0 Å². The van der Waals surface area contributed by atoms with E-state index in [-0.39, 0.29) is 30.8 Å². The number of ether oxygens (including phenoxy) is 1. The topological polar surface area (TPSA) is 58.0 Å². The molecule has 0 spiro atoms. The zero-order valence-electron chi connectivity index (χ0n) is 16.3. The van der Waals surface area contributed by atoms with Crippen LogP contribution >= 0.6 is 0 Å². The minimum Gasteiger partial charge on any atom is -0.464 e. The van der Waals surface area contributed by atoms with Crippen LogP contribution in [0.2, 0.25) is 0 Å². The third kappa shape index (κ3) is 4.59. The summed E-state index contributed by atoms with van der Waals surface area (Å²) in [6.07, 6.45) is -3.63. The molecule has 0 N–H and O–H groups in total. The summed E-state index contributed by atoms with van der Waals surface area (Å²) in [5, 5.41) is 4.47. The first kappa shape index (κ1) is 22.8. The van der Waals surface area contributed by atoms with Gasteiger partial charge in [-0.25, -0.2) is 18.6 Å². The summed E-state index contributed by atoms with van der Waals surface area (Å²) in [5.41, 5.74) is -2.62. The molecule has 0 bridgehead atoms. The quantitative estimate of drug-likeness (QED) is 0.277. The average molecular weight is 422 g/mol. The number of hydrazone groups is 1. The van der Waals surface area contributed by atoms with Gasteiger partial charge in [0, 0.05) is 44.5 Å². The molecule has 0 saturated heterocycles. The molecule has 162 valence electrons. The van der Waals surface area contributed by atoms with Gasteiger partial charge in [0.25, 0.3) is 5.92 Å². The van der Waals surface area contributed by atoms with E-state index in [1.54, 1.807) is 0 Å². The van der Waals surface area contributed by atoms with Gasteiger partial charge >= 0.3 is 12.1 Å². The molecule has 1 aromatic heterocycles. The molecular weight excluding hydrogens is 399 g/mol. The minimum absolute atomic E-state index is 0.0539. The molecule has 29 heavy (non-hydrogen) atoms. The van der Waals surface area contributed by atoms with Gasteiger partial charge in [0.15, 0.2) is 5.54 Å². The summed E-state index contributed by atoms with van der Waals surface area (Å²) in [7, 11) is 2.33. The van der Waals surface area contributed by atoms with Crippen molar-refractivity contribution in [3.05, 3.63) is 24.0 Å². The average Bonchev–Trinajstić information content (AvgIpc) is 2.67. The molecule has 1 aromatic rings. The van der Waals surface area contributed by atoms with Crippen LogP contribution in [0.5, 0.6) is 0 Å². The molecule has 1 saturated carbocycles. The number of hydrogen-bond acceptors (Lipinski definition) is 6. The first-order chi connectivity index (χ1) is 13.4. The molecule has 1 aliphatic carbocycles. The zero-order valence-corrected chi connectivity index (χ0v) is 16.3. The molecule has 2 unspecified atom stereocenters. The largest absolute Gasteiger partial charge is 0.464 e. The Hall–Kier alpha value is -2.46. The molecule has 2 atom stereocenters. The third-order valence-corrected chi connectivity index (χ3v) is 5.42. The van der Waals surface area contributed by atoms with Crippen LogP contribution in [0.4, 0.5) is 27.6 Å². The van der Waals surface area contributed by atoms with Crippen molar-refractivity contribution >= 4 is 18.4 Å². The van der Waals surface area contributed by atoms with Crippen molar-refractivity contribution in [2.24, 2.45) is 11.0 Å². The second-order valence-electron chi connectivity index (χ2n) is 7.21. The van der Waals surface area contributed by atoms with Crippen LogP contribution in [-0.2, 0) is 4.74 Å². The maximum absolute atomic E-state index is 14.1. The predicted octanol–water partition coefficient (Wildman–Crippen LogP) is 3.59. The number of nitrogens with zero attached hydrogens (tertiary/aromatic N) is 4. The third-order valence-electron chi connectivity index (χ3n) is 5.42. The monoisotopic (exact) mass is 422 g/mol. The number of aromatic nitrogens is 1. The Morgan fingerprint density at radius 3 is 2.55 bits per heavy atom. The van der Waals surface area contributed by atoms with Gasteiger partial charge < -0.3 is 9.64 Å². The van der Waals surface area contributed by atoms with Crippen molar-refractivity contribution in [2.45, 2.75) is 37.4 Å². The van der Waals surface area contributed by atoms with E-state index in [2.05, 4.69) is 21.5 Å². The lowest BCUT2D eigenvalue weighted by molar-refractivity contribution is -0.189. The minimum atomic E-state index is -4.75. The number of anilines is 1. The van der Waals surface area contributed by atoms with Crippen LogP contribution in [-0.4, -0.2) is 67.6 Å². The summed E-state index contributed by atoms with van der Waals surface area (Å²) < 4.78 is 73.9. The first-order valence-electron chi connectivity index (χ1n) is 8.80. The van der Waals surface area contributed by atoms with Gasteiger partial charge in [-0.05, 0) is 25.5 Å². The van der Waals surface area contributed by atoms with Crippen molar-refractivity contribution in [3.63, 3.8) is 0 Å². The van der Waals surface area contributed by atoms with E-state index in [9.17, 15) is 26.7 Å². The Labute approximate surface area is 165 Å². The highest BCUT2D eigenvalue weighted by atomic mass is 19.4. The molecule has 1 fully saturated rings. The molecule has 6 nitrogen and oxygen atoms in total. The van der Waals surface area contributed by atoms with Gasteiger partial charge in [0.05, 0.1) is 13.7 Å². The van der Waals surface area contributed by atoms with Crippen LogP contribution in [0.15, 0.2) is 23.4 Å². The van der Waals surface area contributed by atoms with Gasteiger partial charge in [-0.2, -0.15) is 18.3 Å². The number of carbonyl (C=O) groups is 1. The molecule has 1 aliphatic rings. The highest BCUT2D eigenvalue weighted by molar-refractivity contribution is 5.88. The lowest BCUT2D eigenvalue weighted by Crippen LogP contribution is -2.62. The normalized spacial score (nSPS) is 20.2. The molecule has 2 rings (SSSR count). The summed E-state index contributed by atoms with van der Waals surface area (Å²) in [6, 6.07) is 2.48. The van der Waals surface area contributed by atoms with E-state index in [0.29, 0.717) is 0 Å². The van der Waals surface area contributed by atoms with Gasteiger partial charge in [-0.15, -0.1) is 0 Å². The van der Waals surface area contributed by atoms with Crippen molar-refractivity contribution in [1.82, 2.24) is 9.99 Å². The van der Waals surface area contributed by atoms with Crippen molar-refractivity contribution < 1.29 is 31.5 Å². The van der Waals surface area contributed by atoms with Crippen LogP contribution in [0.3, 0.4) is 0 Å². The lowest BCUT2D eigenvalue weighted by Gasteiger charge is -2.45. The van der Waals surface area contributed by atoms with Crippen molar-refractivity contribution in [2.75, 3.05) is 32.1 Å². The van der Waals surface area contributed by atoms with Gasteiger partial charge in [-0.3, -0.25) is 5.01 Å². The number of rotatable bonds is 8. The molecule has 11 heteroatoms. The highest BCUT2D eigenvalue weighted by Crippen LogP contribution is 2.44. The fourth-order valence-electron chi connectivity index (χ4n) is 3.09. The SMILES string of the molecule is C=NN(CC1CCC1(F)F)CC(C)(N(C)c1ccnc(C(=O)OC)c1)C(F)(F)F. The number of pyridine rings is 1. The molecule has 1 heterocycles. The predicted molar refractivity (Wildman–Crippen MR) is 97.2 cm³/mol. The van der Waals surface area contributed by atoms with E-state index in [0.717, 1.165) is 23.9 Å². The number of esters is 1. The number of alkyl halides is 5. The molecular formula is C18H23F5N4O2. The van der Waals surface area contributed by atoms with E-state index in [1.807, 2.05) is 0 Å². The lowest BCUT2D eigenvalue weighted by atomic mass is 9.80. The summed E-state index contributed by atoms with van der Waals surface area (Å²) in [5.74, 6) is -4.78. The van der Waals surface area contributed by atoms with Gasteiger partial charge in [0.1, 0.15) is 5.69 Å². The second-order valence-corrected chi connectivity index (χ2v) is 7.21. The summed E-state index contributed by atoms with van der Waals surface area (Å²) in [6.45, 7) is 3.12. The van der Waals surface area contributed by atoms with Gasteiger partial charge in [-0.1, -0.05) is 0 Å². The number of halogens is 5. The number of hydrogen-bond donors (Lipinski definition) is 0. The van der Waals surface area contributed by atoms with Crippen LogP contribution in [0.1, 0.15) is 30.3 Å². The Balaban J connectivity index is 2.31. The van der Waals surface area contributed by atoms with Crippen LogP contribution in [0.25, 0.3) is 0 Å². The number of likely N-dealkylation sites (N-methyl/N-ethyl adjacent to an activating group) is 1. The summed E-state index contributed by atoms with van der Waals surface area (Å²) >= 11 is 0. The van der Waals surface area contributed by atoms with Crippen LogP contribution in [0, 0.1) is 5.92 Å². The van der Waals surface area contributed by atoms with E-state index in [4.69, 9.17) is 0 Å². The van der Waals surface area contributed by atoms with E-state index in [1.165, 1.54) is 25.4 Å². The van der Waals surface area contributed by atoms with Crippen molar-refractivity contribution in [3.8, 4) is 0 Å². The van der Waals surface area contributed by atoms with Crippen molar-refractivity contribution in [1.29, 1.82) is 0 Å². The smallest absolute Gasteiger partial charge is 0.413 e. The highest BCUT2D eigenvalue weighted by Gasteiger charge is 2.56. The standard InChI is InChI=1S/C18H23F5N4O2/c1-16(18(21,22)23,11-27(24-2)10-12-5-7-17(12,19)20)26(3)13-6-8-25-14(9-13)15(28)29-4/h6,8-9,12H,2,5,7,10-11H2,1,3-4H3. The van der Waals surface area contributed by atoms with E-state index < -0.39 is 36.1 Å². The first-order valence-corrected chi connectivity index (χ1v) is 8.80. The zero-order chi connectivity index (χ0) is 22.0. The fraction of sp³-hybridized carbons (Fsp3) is 0.611. The second kappa shape index (κ2) is 8.11.